The third-order valence-electron chi connectivity index (χ3n) is 6.95. The molecule has 2 N–H and O–H groups in total. The summed E-state index contributed by atoms with van der Waals surface area (Å²) in [6, 6.07) is 7.98. The van der Waals surface area contributed by atoms with Crippen LogP contribution in [0.5, 0.6) is 0 Å². The first-order valence-corrected chi connectivity index (χ1v) is 15.5. The highest BCUT2D eigenvalue weighted by Gasteiger charge is 2.25. The Morgan fingerprint density at radius 1 is 1.10 bits per heavy atom. The lowest BCUT2D eigenvalue weighted by Crippen LogP contribution is -2.42. The Balaban J connectivity index is 1.26. The molecule has 1 aliphatic rings. The van der Waals surface area contributed by atoms with Gasteiger partial charge in [0.25, 0.3) is 0 Å². The van der Waals surface area contributed by atoms with Crippen LogP contribution >= 0.6 is 11.6 Å². The topological polar surface area (TPSA) is 147 Å². The first-order chi connectivity index (χ1) is 19.7. The number of nitriles is 1. The number of rotatable bonds is 10. The molecule has 12 nitrogen and oxygen atoms in total. The van der Waals surface area contributed by atoms with Gasteiger partial charge in [-0.15, -0.1) is 0 Å². The van der Waals surface area contributed by atoms with Crippen LogP contribution in [0, 0.1) is 11.3 Å². The highest BCUT2D eigenvalue weighted by atomic mass is 35.5. The molecule has 0 spiro atoms. The molecule has 0 amide bonds. The average Bonchev–Trinajstić information content (AvgIpc) is 3.63. The highest BCUT2D eigenvalue weighted by Crippen LogP contribution is 2.27. The van der Waals surface area contributed by atoms with Gasteiger partial charge in [0.1, 0.15) is 6.07 Å². The van der Waals surface area contributed by atoms with Crippen LogP contribution in [0.4, 0.5) is 5.95 Å². The SMILES string of the molecule is CCn1cc(CNCc2ccc(-n3cc(-c4nc(NC5CCN(S(C)(=O)=O)CC5)ncc4C#N)cn3)c(Cl)c2)cn1. The minimum absolute atomic E-state index is 0.0253. The lowest BCUT2D eigenvalue weighted by molar-refractivity contribution is 0.331. The van der Waals surface area contributed by atoms with Crippen molar-refractivity contribution in [1.82, 2.24) is 39.2 Å². The van der Waals surface area contributed by atoms with Crippen molar-refractivity contribution in [3.8, 4) is 23.0 Å². The largest absolute Gasteiger partial charge is 0.351 e. The van der Waals surface area contributed by atoms with Crippen molar-refractivity contribution in [2.75, 3.05) is 24.7 Å². The van der Waals surface area contributed by atoms with Crippen molar-refractivity contribution >= 4 is 27.6 Å². The van der Waals surface area contributed by atoms with E-state index in [9.17, 15) is 13.7 Å². The fourth-order valence-corrected chi connectivity index (χ4v) is 5.88. The first-order valence-electron chi connectivity index (χ1n) is 13.3. The number of benzene rings is 1. The van der Waals surface area contributed by atoms with Crippen molar-refractivity contribution < 1.29 is 8.42 Å². The Hall–Kier alpha value is -3.83. The van der Waals surface area contributed by atoms with E-state index in [-0.39, 0.29) is 6.04 Å². The van der Waals surface area contributed by atoms with E-state index < -0.39 is 10.0 Å². The number of hydrogen-bond donors (Lipinski definition) is 2. The molecule has 0 bridgehead atoms. The van der Waals surface area contributed by atoms with Crippen molar-refractivity contribution in [3.63, 3.8) is 0 Å². The van der Waals surface area contributed by atoms with E-state index in [1.807, 2.05) is 35.3 Å². The van der Waals surface area contributed by atoms with Gasteiger partial charge in [-0.25, -0.2) is 27.4 Å². The second-order valence-corrected chi connectivity index (χ2v) is 12.3. The molecule has 14 heteroatoms. The summed E-state index contributed by atoms with van der Waals surface area (Å²) in [4.78, 5) is 8.91. The summed E-state index contributed by atoms with van der Waals surface area (Å²) in [7, 11) is -3.20. The zero-order valence-electron chi connectivity index (χ0n) is 22.8. The van der Waals surface area contributed by atoms with Crippen molar-refractivity contribution in [2.45, 2.75) is 45.4 Å². The molecule has 1 aliphatic heterocycles. The number of piperidine rings is 1. The minimum atomic E-state index is -3.20. The second kappa shape index (κ2) is 12.4. The maximum Gasteiger partial charge on any atom is 0.223 e. The Bertz CT molecular complexity index is 1670. The fourth-order valence-electron chi connectivity index (χ4n) is 4.71. The highest BCUT2D eigenvalue weighted by molar-refractivity contribution is 7.88. The van der Waals surface area contributed by atoms with Crippen LogP contribution in [0.15, 0.2) is 49.2 Å². The number of aryl methyl sites for hydroxylation is 1. The molecule has 1 fully saturated rings. The van der Waals surface area contributed by atoms with Gasteiger partial charge in [-0.1, -0.05) is 17.7 Å². The van der Waals surface area contributed by atoms with Gasteiger partial charge >= 0.3 is 0 Å². The number of nitrogens with one attached hydrogen (secondary N) is 2. The number of anilines is 1. The monoisotopic (exact) mass is 594 g/mol. The van der Waals surface area contributed by atoms with Crippen molar-refractivity contribution in [2.24, 2.45) is 0 Å². The Morgan fingerprint density at radius 3 is 2.56 bits per heavy atom. The zero-order chi connectivity index (χ0) is 29.0. The molecule has 3 aromatic heterocycles. The first kappa shape index (κ1) is 28.7. The van der Waals surface area contributed by atoms with E-state index in [1.165, 1.54) is 16.8 Å². The van der Waals surface area contributed by atoms with Gasteiger partial charge in [0.15, 0.2) is 0 Å². The van der Waals surface area contributed by atoms with E-state index >= 15 is 0 Å². The Labute approximate surface area is 244 Å². The van der Waals surface area contributed by atoms with Crippen LogP contribution in [0.3, 0.4) is 0 Å². The smallest absolute Gasteiger partial charge is 0.223 e. The van der Waals surface area contributed by atoms with E-state index in [0.717, 1.165) is 17.7 Å². The molecule has 5 rings (SSSR count). The van der Waals surface area contributed by atoms with Gasteiger partial charge in [0.05, 0.1) is 46.8 Å². The second-order valence-electron chi connectivity index (χ2n) is 9.92. The fraction of sp³-hybridized carbons (Fsp3) is 0.370. The molecule has 0 radical (unpaired) electrons. The summed E-state index contributed by atoms with van der Waals surface area (Å²) in [5, 5.41) is 25.7. The van der Waals surface area contributed by atoms with Crippen LogP contribution < -0.4 is 10.6 Å². The van der Waals surface area contributed by atoms with E-state index in [1.54, 1.807) is 17.1 Å². The molecule has 4 aromatic rings. The zero-order valence-corrected chi connectivity index (χ0v) is 24.4. The molecule has 1 aromatic carbocycles. The number of nitrogens with zero attached hydrogens (tertiary/aromatic N) is 8. The van der Waals surface area contributed by atoms with Gasteiger partial charge < -0.3 is 10.6 Å². The van der Waals surface area contributed by atoms with Gasteiger partial charge in [0, 0.05) is 62.3 Å². The van der Waals surface area contributed by atoms with E-state index in [4.69, 9.17) is 11.6 Å². The predicted octanol–water partition coefficient (Wildman–Crippen LogP) is 3.20. The third kappa shape index (κ3) is 6.91. The van der Waals surface area contributed by atoms with Gasteiger partial charge in [0.2, 0.25) is 16.0 Å². The number of aromatic nitrogens is 6. The number of halogens is 1. The summed E-state index contributed by atoms with van der Waals surface area (Å²) >= 11 is 6.64. The third-order valence-corrected chi connectivity index (χ3v) is 8.56. The lowest BCUT2D eigenvalue weighted by Gasteiger charge is -2.30. The molecule has 0 aliphatic carbocycles. The molecule has 1 saturated heterocycles. The number of sulfonamides is 1. The van der Waals surface area contributed by atoms with Crippen LogP contribution in [-0.4, -0.2) is 67.6 Å². The molecular weight excluding hydrogens is 564 g/mol. The minimum Gasteiger partial charge on any atom is -0.351 e. The normalized spacial score (nSPS) is 14.7. The van der Waals surface area contributed by atoms with Crippen molar-refractivity contribution in [1.29, 1.82) is 5.26 Å². The summed E-state index contributed by atoms with van der Waals surface area (Å²) in [5.74, 6) is 0.376. The molecule has 0 saturated carbocycles. The maximum absolute atomic E-state index is 11.8. The van der Waals surface area contributed by atoms with Crippen LogP contribution in [0.1, 0.15) is 36.5 Å². The summed E-state index contributed by atoms with van der Waals surface area (Å²) in [5.41, 5.74) is 4.28. The van der Waals surface area contributed by atoms with E-state index in [0.29, 0.717) is 72.5 Å². The van der Waals surface area contributed by atoms with Gasteiger partial charge in [-0.05, 0) is 37.5 Å². The quantitative estimate of drug-likeness (QED) is 0.282. The summed E-state index contributed by atoms with van der Waals surface area (Å²) in [6.45, 7) is 5.13. The standard InChI is InChI=1S/C27H31ClN10O2S/c1-3-36-17-20(14-32-36)13-30-12-19-4-5-25(24(28)10-19)38-18-22(16-33-38)26-21(11-29)15-31-27(35-26)34-23-6-8-37(9-7-23)41(2,39)40/h4-5,10,14-18,23,30H,3,6-9,12-13H2,1-2H3,(H,31,34,35). The van der Waals surface area contributed by atoms with Crippen LogP contribution in [0.25, 0.3) is 16.9 Å². The molecule has 0 atom stereocenters. The molecule has 214 valence electrons. The maximum atomic E-state index is 11.8. The number of hydrogen-bond acceptors (Lipinski definition) is 9. The molecular formula is C27H31ClN10O2S. The van der Waals surface area contributed by atoms with E-state index in [2.05, 4.69) is 43.8 Å². The summed E-state index contributed by atoms with van der Waals surface area (Å²) < 4.78 is 28.6. The predicted molar refractivity (Wildman–Crippen MR) is 156 cm³/mol. The molecule has 4 heterocycles. The Morgan fingerprint density at radius 2 is 1.88 bits per heavy atom. The Kier molecular flexibility index (Phi) is 8.65. The van der Waals surface area contributed by atoms with Crippen LogP contribution in [-0.2, 0) is 29.7 Å². The van der Waals surface area contributed by atoms with Gasteiger partial charge in [-0.3, -0.25) is 4.68 Å². The summed E-state index contributed by atoms with van der Waals surface area (Å²) in [6.07, 6.45) is 11.3. The average molecular weight is 595 g/mol. The van der Waals surface area contributed by atoms with Crippen molar-refractivity contribution in [3.05, 3.63) is 70.9 Å². The van der Waals surface area contributed by atoms with Crippen LogP contribution in [0.2, 0.25) is 5.02 Å². The molecule has 0 unspecified atom stereocenters. The lowest BCUT2D eigenvalue weighted by atomic mass is 10.1. The molecule has 41 heavy (non-hydrogen) atoms. The van der Waals surface area contributed by atoms with Gasteiger partial charge in [-0.2, -0.15) is 15.5 Å².